The Labute approximate surface area is 179 Å². The summed E-state index contributed by atoms with van der Waals surface area (Å²) in [5.74, 6) is 1.99. The second kappa shape index (κ2) is 10.4. The third-order valence-corrected chi connectivity index (χ3v) is 5.55. The van der Waals surface area contributed by atoms with E-state index in [1.54, 1.807) is 0 Å². The highest BCUT2D eigenvalue weighted by Gasteiger charge is 2.32. The quantitative estimate of drug-likeness (QED) is 0.292. The van der Waals surface area contributed by atoms with Gasteiger partial charge in [-0.2, -0.15) is 0 Å². The molecule has 1 aromatic rings. The summed E-state index contributed by atoms with van der Waals surface area (Å²) in [5, 5.41) is 3.20. The molecule has 3 N–H and O–H groups in total. The van der Waals surface area contributed by atoms with E-state index in [9.17, 15) is 0 Å². The minimum Gasteiger partial charge on any atom is -0.490 e. The second-order valence-corrected chi connectivity index (χ2v) is 7.57. The molecule has 0 amide bonds. The Morgan fingerprint density at radius 3 is 2.41 bits per heavy atom. The lowest BCUT2D eigenvalue weighted by Crippen LogP contribution is -2.47. The number of guanidine groups is 1. The van der Waals surface area contributed by atoms with Gasteiger partial charge >= 0.3 is 0 Å². The summed E-state index contributed by atoms with van der Waals surface area (Å²) in [6, 6.07) is 5.79. The molecule has 0 aromatic heterocycles. The minimum atomic E-state index is 0. The van der Waals surface area contributed by atoms with E-state index < -0.39 is 0 Å². The number of hydrogen-bond donors (Lipinski definition) is 2. The number of nitrogens with one attached hydrogen (secondary N) is 1. The average molecular weight is 488 g/mol. The first-order valence-corrected chi connectivity index (χ1v) is 9.73. The minimum absolute atomic E-state index is 0. The van der Waals surface area contributed by atoms with Gasteiger partial charge in [0.1, 0.15) is 0 Å². The summed E-state index contributed by atoms with van der Waals surface area (Å²) in [6.45, 7) is 2.09. The number of aliphatic imine (C=N–C) groups is 1. The van der Waals surface area contributed by atoms with Crippen LogP contribution in [0.25, 0.3) is 0 Å². The van der Waals surface area contributed by atoms with E-state index in [2.05, 4.69) is 29.3 Å². The van der Waals surface area contributed by atoms with Crippen LogP contribution in [0.3, 0.4) is 0 Å². The van der Waals surface area contributed by atoms with Crippen LogP contribution in [0.15, 0.2) is 23.2 Å². The van der Waals surface area contributed by atoms with Crippen molar-refractivity contribution in [2.24, 2.45) is 10.7 Å². The number of halogens is 1. The first-order valence-electron chi connectivity index (χ1n) is 9.73. The van der Waals surface area contributed by atoms with E-state index in [0.29, 0.717) is 19.2 Å². The zero-order valence-corrected chi connectivity index (χ0v) is 18.8. The van der Waals surface area contributed by atoms with Gasteiger partial charge in [0.05, 0.1) is 19.8 Å². The fraction of sp³-hybridized carbons (Fsp3) is 0.650. The van der Waals surface area contributed by atoms with Crippen LogP contribution in [-0.2, 0) is 0 Å². The van der Waals surface area contributed by atoms with Crippen LogP contribution in [-0.4, -0.2) is 50.3 Å². The Kier molecular flexibility index (Phi) is 8.47. The van der Waals surface area contributed by atoms with Crippen LogP contribution in [0.5, 0.6) is 11.5 Å². The summed E-state index contributed by atoms with van der Waals surface area (Å²) in [6.07, 6.45) is 8.44. The fourth-order valence-electron chi connectivity index (χ4n) is 3.79. The molecular formula is C20H33IN4O2. The normalized spacial score (nSPS) is 19.6. The highest BCUT2D eigenvalue weighted by atomic mass is 127. The molecule has 0 bridgehead atoms. The van der Waals surface area contributed by atoms with Crippen molar-refractivity contribution in [2.75, 3.05) is 39.2 Å². The number of nitrogens with two attached hydrogens (primary N) is 1. The first kappa shape index (κ1) is 22.1. The average Bonchev–Trinajstić information content (AvgIpc) is 3.01. The van der Waals surface area contributed by atoms with Crippen LogP contribution in [0, 0.1) is 0 Å². The molecule has 2 aliphatic rings. The van der Waals surface area contributed by atoms with E-state index in [0.717, 1.165) is 30.2 Å². The largest absolute Gasteiger partial charge is 0.490 e. The van der Waals surface area contributed by atoms with Crippen molar-refractivity contribution in [3.63, 3.8) is 0 Å². The molecule has 0 unspecified atom stereocenters. The van der Waals surface area contributed by atoms with Crippen molar-refractivity contribution < 1.29 is 9.47 Å². The molecule has 27 heavy (non-hydrogen) atoms. The lowest BCUT2D eigenvalue weighted by Gasteiger charge is -2.38. The number of hydrogen-bond acceptors (Lipinski definition) is 4. The summed E-state index contributed by atoms with van der Waals surface area (Å²) in [5.41, 5.74) is 7.17. The zero-order chi connectivity index (χ0) is 18.4. The fourth-order valence-corrected chi connectivity index (χ4v) is 3.79. The Hall–Kier alpha value is -1.22. The van der Waals surface area contributed by atoms with Gasteiger partial charge in [0, 0.05) is 23.7 Å². The Balaban J connectivity index is 0.00000261. The third-order valence-electron chi connectivity index (χ3n) is 5.55. The smallest absolute Gasteiger partial charge is 0.193 e. The number of fused-ring (bicyclic) bond motifs is 1. The van der Waals surface area contributed by atoms with Gasteiger partial charge in [-0.05, 0) is 39.1 Å². The predicted octanol–water partition coefficient (Wildman–Crippen LogP) is 3.85. The SMILES string of the molecule is CN(C)C1(CN=C(N)Nc2ccc3c(c2)OCCCO3)CCCCCC1.I. The van der Waals surface area contributed by atoms with Gasteiger partial charge in [0.25, 0.3) is 0 Å². The molecule has 0 spiro atoms. The molecule has 6 nitrogen and oxygen atoms in total. The molecule has 0 radical (unpaired) electrons. The maximum atomic E-state index is 6.18. The van der Waals surface area contributed by atoms with E-state index in [1.165, 1.54) is 38.5 Å². The van der Waals surface area contributed by atoms with E-state index in [1.807, 2.05) is 18.2 Å². The number of rotatable bonds is 4. The van der Waals surface area contributed by atoms with Gasteiger partial charge in [-0.1, -0.05) is 25.7 Å². The molecule has 1 heterocycles. The first-order chi connectivity index (χ1) is 12.6. The summed E-state index contributed by atoms with van der Waals surface area (Å²) in [7, 11) is 4.32. The van der Waals surface area contributed by atoms with Gasteiger partial charge in [-0.25, -0.2) is 0 Å². The van der Waals surface area contributed by atoms with Gasteiger partial charge < -0.3 is 25.4 Å². The zero-order valence-electron chi connectivity index (χ0n) is 16.5. The summed E-state index contributed by atoms with van der Waals surface area (Å²) < 4.78 is 11.4. The molecule has 0 saturated heterocycles. The van der Waals surface area contributed by atoms with E-state index in [4.69, 9.17) is 15.2 Å². The molecule has 0 atom stereocenters. The van der Waals surface area contributed by atoms with Crippen molar-refractivity contribution in [1.29, 1.82) is 0 Å². The van der Waals surface area contributed by atoms with Crippen molar-refractivity contribution in [3.8, 4) is 11.5 Å². The van der Waals surface area contributed by atoms with Crippen LogP contribution in [0.1, 0.15) is 44.9 Å². The predicted molar refractivity (Wildman–Crippen MR) is 122 cm³/mol. The third kappa shape index (κ3) is 5.88. The lowest BCUT2D eigenvalue weighted by molar-refractivity contribution is 0.139. The molecule has 3 rings (SSSR count). The molecular weight excluding hydrogens is 455 g/mol. The van der Waals surface area contributed by atoms with Gasteiger partial charge in [0.2, 0.25) is 0 Å². The van der Waals surface area contributed by atoms with Crippen LogP contribution in [0.4, 0.5) is 5.69 Å². The number of anilines is 1. The number of nitrogens with zero attached hydrogens (tertiary/aromatic N) is 2. The maximum absolute atomic E-state index is 6.18. The number of likely N-dealkylation sites (N-methyl/N-ethyl adjacent to an activating group) is 1. The van der Waals surface area contributed by atoms with E-state index in [-0.39, 0.29) is 29.5 Å². The number of ether oxygens (including phenoxy) is 2. The van der Waals surface area contributed by atoms with E-state index >= 15 is 0 Å². The molecule has 7 heteroatoms. The molecule has 1 aliphatic carbocycles. The van der Waals surface area contributed by atoms with Crippen molar-refractivity contribution in [3.05, 3.63) is 18.2 Å². The summed E-state index contributed by atoms with van der Waals surface area (Å²) >= 11 is 0. The number of benzene rings is 1. The van der Waals surface area contributed by atoms with Gasteiger partial charge in [-0.15, -0.1) is 24.0 Å². The van der Waals surface area contributed by atoms with Crippen LogP contribution in [0.2, 0.25) is 0 Å². The monoisotopic (exact) mass is 488 g/mol. The molecule has 1 saturated carbocycles. The highest BCUT2D eigenvalue weighted by molar-refractivity contribution is 14.0. The lowest BCUT2D eigenvalue weighted by atomic mass is 9.89. The van der Waals surface area contributed by atoms with Gasteiger partial charge in [0.15, 0.2) is 17.5 Å². The molecule has 1 aromatic carbocycles. The maximum Gasteiger partial charge on any atom is 0.193 e. The van der Waals surface area contributed by atoms with Crippen molar-refractivity contribution >= 4 is 35.6 Å². The highest BCUT2D eigenvalue weighted by Crippen LogP contribution is 2.33. The van der Waals surface area contributed by atoms with Crippen molar-refractivity contribution in [2.45, 2.75) is 50.5 Å². The van der Waals surface area contributed by atoms with Crippen molar-refractivity contribution in [1.82, 2.24) is 4.90 Å². The standard InChI is InChI=1S/C20H32N4O2.HI/c1-24(2)20(10-5-3-4-6-11-20)15-22-19(21)23-16-8-9-17-18(14-16)26-13-7-12-25-17;/h8-9,14H,3-7,10-13,15H2,1-2H3,(H3,21,22,23);1H. The molecule has 1 aliphatic heterocycles. The Morgan fingerprint density at radius 1 is 1.07 bits per heavy atom. The van der Waals surface area contributed by atoms with Gasteiger partial charge in [-0.3, -0.25) is 4.99 Å². The topological polar surface area (TPSA) is 72.1 Å². The second-order valence-electron chi connectivity index (χ2n) is 7.57. The Morgan fingerprint density at radius 2 is 1.74 bits per heavy atom. The van der Waals surface area contributed by atoms with Crippen LogP contribution < -0.4 is 20.5 Å². The molecule has 1 fully saturated rings. The Bertz CT molecular complexity index is 628. The molecule has 152 valence electrons. The van der Waals surface area contributed by atoms with Crippen LogP contribution >= 0.6 is 24.0 Å². The summed E-state index contributed by atoms with van der Waals surface area (Å²) in [4.78, 5) is 7.01.